The van der Waals surface area contributed by atoms with E-state index in [0.29, 0.717) is 17.8 Å². The molecule has 0 atom stereocenters. The fraction of sp³-hybridized carbons (Fsp3) is 0.750. The van der Waals surface area contributed by atoms with Gasteiger partial charge in [-0.25, -0.2) is 4.98 Å². The molecule has 21 heavy (non-hydrogen) atoms. The van der Waals surface area contributed by atoms with E-state index in [4.69, 9.17) is 0 Å². The van der Waals surface area contributed by atoms with Crippen molar-refractivity contribution in [3.63, 3.8) is 0 Å². The zero-order valence-electron chi connectivity index (χ0n) is 13.5. The molecule has 1 saturated heterocycles. The molecule has 5 heteroatoms. The molecule has 0 bridgehead atoms. The number of nitrogens with zero attached hydrogens (tertiary/aromatic N) is 3. The molecule has 0 aliphatic carbocycles. The van der Waals surface area contributed by atoms with Crippen molar-refractivity contribution in [2.24, 2.45) is 5.92 Å². The molecule has 1 fully saturated rings. The van der Waals surface area contributed by atoms with Crippen LogP contribution in [0.3, 0.4) is 0 Å². The van der Waals surface area contributed by atoms with Crippen molar-refractivity contribution in [1.82, 2.24) is 14.5 Å². The van der Waals surface area contributed by atoms with Gasteiger partial charge in [0.1, 0.15) is 0 Å². The van der Waals surface area contributed by atoms with Gasteiger partial charge in [0.15, 0.2) is 5.82 Å². The summed E-state index contributed by atoms with van der Waals surface area (Å²) in [7, 11) is 0. The highest BCUT2D eigenvalue weighted by Gasteiger charge is 2.19. The standard InChI is InChI=1S/C16H28N4O/c1-4-8-19-9-5-14(6-10-19)18-15-16(21)20(11-7-17-15)12-13(2)3/h7,11,13-14H,4-6,8-10,12H2,1-3H3,(H,17,18). The minimum absolute atomic E-state index is 0.00203. The monoisotopic (exact) mass is 292 g/mol. The van der Waals surface area contributed by atoms with Gasteiger partial charge in [0, 0.05) is 38.1 Å². The summed E-state index contributed by atoms with van der Waals surface area (Å²) in [6.07, 6.45) is 6.87. The maximum Gasteiger partial charge on any atom is 0.293 e. The van der Waals surface area contributed by atoms with Crippen molar-refractivity contribution < 1.29 is 0 Å². The zero-order valence-corrected chi connectivity index (χ0v) is 13.5. The molecule has 0 unspecified atom stereocenters. The fourth-order valence-electron chi connectivity index (χ4n) is 2.89. The molecule has 0 radical (unpaired) electrons. The Morgan fingerprint density at radius 1 is 1.38 bits per heavy atom. The molecule has 0 amide bonds. The first-order valence-electron chi connectivity index (χ1n) is 8.14. The molecule has 1 aliphatic rings. The van der Waals surface area contributed by atoms with E-state index in [-0.39, 0.29) is 5.56 Å². The second kappa shape index (κ2) is 7.59. The number of aromatic nitrogens is 2. The van der Waals surface area contributed by atoms with E-state index < -0.39 is 0 Å². The van der Waals surface area contributed by atoms with Crippen molar-refractivity contribution in [1.29, 1.82) is 0 Å². The Hall–Kier alpha value is -1.36. The van der Waals surface area contributed by atoms with Gasteiger partial charge in [0.25, 0.3) is 5.56 Å². The Bertz CT molecular complexity index is 489. The number of piperidine rings is 1. The second-order valence-corrected chi connectivity index (χ2v) is 6.39. The van der Waals surface area contributed by atoms with Crippen LogP contribution in [0.4, 0.5) is 5.82 Å². The van der Waals surface area contributed by atoms with E-state index in [2.05, 4.69) is 36.0 Å². The van der Waals surface area contributed by atoms with Crippen LogP contribution in [0.2, 0.25) is 0 Å². The van der Waals surface area contributed by atoms with Crippen LogP contribution >= 0.6 is 0 Å². The molecule has 1 N–H and O–H groups in total. The summed E-state index contributed by atoms with van der Waals surface area (Å²) < 4.78 is 1.76. The summed E-state index contributed by atoms with van der Waals surface area (Å²) >= 11 is 0. The molecule has 1 aromatic heterocycles. The lowest BCUT2D eigenvalue weighted by Gasteiger charge is -2.32. The summed E-state index contributed by atoms with van der Waals surface area (Å²) in [5, 5.41) is 3.35. The smallest absolute Gasteiger partial charge is 0.293 e. The average Bonchev–Trinajstić information content (AvgIpc) is 2.45. The third-order valence-electron chi connectivity index (χ3n) is 3.94. The third-order valence-corrected chi connectivity index (χ3v) is 3.94. The fourth-order valence-corrected chi connectivity index (χ4v) is 2.89. The van der Waals surface area contributed by atoms with E-state index in [1.807, 2.05) is 0 Å². The Labute approximate surface area is 127 Å². The third kappa shape index (κ3) is 4.56. The summed E-state index contributed by atoms with van der Waals surface area (Å²) in [4.78, 5) is 19.1. The molecule has 1 aliphatic heterocycles. The minimum atomic E-state index is 0.00203. The Morgan fingerprint density at radius 2 is 2.10 bits per heavy atom. The van der Waals surface area contributed by atoms with Gasteiger partial charge in [-0.2, -0.15) is 0 Å². The van der Waals surface area contributed by atoms with Crippen LogP contribution in [0.1, 0.15) is 40.0 Å². The first-order valence-corrected chi connectivity index (χ1v) is 8.14. The number of hydrogen-bond donors (Lipinski definition) is 1. The Balaban J connectivity index is 1.96. The topological polar surface area (TPSA) is 50.2 Å². The molecule has 2 heterocycles. The molecular formula is C16H28N4O. The number of rotatable bonds is 6. The lowest BCUT2D eigenvalue weighted by molar-refractivity contribution is 0.219. The van der Waals surface area contributed by atoms with Gasteiger partial charge in [-0.15, -0.1) is 0 Å². The van der Waals surface area contributed by atoms with Crippen molar-refractivity contribution in [3.8, 4) is 0 Å². The predicted octanol–water partition coefficient (Wildman–Crippen LogP) is 2.19. The highest BCUT2D eigenvalue weighted by atomic mass is 16.1. The van der Waals surface area contributed by atoms with Gasteiger partial charge in [0.2, 0.25) is 0 Å². The normalized spacial score (nSPS) is 17.3. The van der Waals surface area contributed by atoms with Crippen LogP contribution in [0, 0.1) is 5.92 Å². The van der Waals surface area contributed by atoms with E-state index in [1.165, 1.54) is 13.0 Å². The summed E-state index contributed by atoms with van der Waals surface area (Å²) in [6.45, 7) is 10.6. The van der Waals surface area contributed by atoms with E-state index >= 15 is 0 Å². The molecule has 0 saturated carbocycles. The number of anilines is 1. The van der Waals surface area contributed by atoms with Crippen molar-refractivity contribution in [3.05, 3.63) is 22.7 Å². The van der Waals surface area contributed by atoms with Gasteiger partial charge in [0.05, 0.1) is 0 Å². The van der Waals surface area contributed by atoms with Gasteiger partial charge in [-0.3, -0.25) is 4.79 Å². The van der Waals surface area contributed by atoms with E-state index in [9.17, 15) is 4.79 Å². The maximum absolute atomic E-state index is 12.4. The quantitative estimate of drug-likeness (QED) is 0.873. The first kappa shape index (κ1) is 16.0. The zero-order chi connectivity index (χ0) is 15.2. The number of hydrogen-bond acceptors (Lipinski definition) is 4. The summed E-state index contributed by atoms with van der Waals surface area (Å²) in [5.41, 5.74) is 0.00203. The lowest BCUT2D eigenvalue weighted by Crippen LogP contribution is -2.40. The predicted molar refractivity (Wildman–Crippen MR) is 86.7 cm³/mol. The van der Waals surface area contributed by atoms with Crippen LogP contribution in [-0.4, -0.2) is 40.1 Å². The molecule has 0 aromatic carbocycles. The molecule has 2 rings (SSSR count). The van der Waals surface area contributed by atoms with Gasteiger partial charge in [-0.1, -0.05) is 20.8 Å². The number of likely N-dealkylation sites (tertiary alicyclic amines) is 1. The Morgan fingerprint density at radius 3 is 2.71 bits per heavy atom. The molecular weight excluding hydrogens is 264 g/mol. The van der Waals surface area contributed by atoms with Crippen molar-refractivity contribution in [2.75, 3.05) is 25.0 Å². The average molecular weight is 292 g/mol. The van der Waals surface area contributed by atoms with Gasteiger partial charge >= 0.3 is 0 Å². The van der Waals surface area contributed by atoms with Gasteiger partial charge in [-0.05, 0) is 31.7 Å². The van der Waals surface area contributed by atoms with Crippen LogP contribution in [0.5, 0.6) is 0 Å². The summed E-state index contributed by atoms with van der Waals surface area (Å²) in [6, 6.07) is 0.369. The highest BCUT2D eigenvalue weighted by Crippen LogP contribution is 2.13. The summed E-state index contributed by atoms with van der Waals surface area (Å²) in [5.74, 6) is 0.960. The molecule has 5 nitrogen and oxygen atoms in total. The van der Waals surface area contributed by atoms with Crippen LogP contribution in [0.25, 0.3) is 0 Å². The van der Waals surface area contributed by atoms with Crippen LogP contribution in [0.15, 0.2) is 17.2 Å². The van der Waals surface area contributed by atoms with Crippen molar-refractivity contribution in [2.45, 2.75) is 52.6 Å². The molecule has 0 spiro atoms. The van der Waals surface area contributed by atoms with Gasteiger partial charge < -0.3 is 14.8 Å². The Kier molecular flexibility index (Phi) is 5.79. The lowest BCUT2D eigenvalue weighted by atomic mass is 10.0. The van der Waals surface area contributed by atoms with Crippen LogP contribution in [-0.2, 0) is 6.54 Å². The van der Waals surface area contributed by atoms with E-state index in [1.54, 1.807) is 17.0 Å². The number of nitrogens with one attached hydrogen (secondary N) is 1. The van der Waals surface area contributed by atoms with Crippen LogP contribution < -0.4 is 10.9 Å². The molecule has 118 valence electrons. The minimum Gasteiger partial charge on any atom is -0.363 e. The highest BCUT2D eigenvalue weighted by molar-refractivity contribution is 5.32. The SMILES string of the molecule is CCCN1CCC(Nc2nccn(CC(C)C)c2=O)CC1. The molecule has 1 aromatic rings. The van der Waals surface area contributed by atoms with E-state index in [0.717, 1.165) is 32.5 Å². The first-order chi connectivity index (χ1) is 10.1. The van der Waals surface area contributed by atoms with Crippen molar-refractivity contribution >= 4 is 5.82 Å². The maximum atomic E-state index is 12.4. The second-order valence-electron chi connectivity index (χ2n) is 6.39. The largest absolute Gasteiger partial charge is 0.363 e.